The monoisotopic (exact) mass is 322 g/mol. The van der Waals surface area contributed by atoms with E-state index in [4.69, 9.17) is 4.74 Å². The normalized spacial score (nSPS) is 10.8. The Morgan fingerprint density at radius 2 is 2.00 bits per heavy atom. The van der Waals surface area contributed by atoms with E-state index in [1.165, 1.54) is 11.3 Å². The van der Waals surface area contributed by atoms with Gasteiger partial charge in [-0.05, 0) is 29.8 Å². The third-order valence-corrected chi connectivity index (χ3v) is 3.51. The Balaban J connectivity index is 1.93. The second kappa shape index (κ2) is 7.48. The van der Waals surface area contributed by atoms with Crippen molar-refractivity contribution in [1.82, 2.24) is 9.88 Å². The molecule has 0 saturated heterocycles. The topological polar surface area (TPSA) is 26.2 Å². The van der Waals surface area contributed by atoms with Crippen LogP contribution in [0.2, 0.25) is 0 Å². The van der Waals surface area contributed by atoms with E-state index in [0.717, 1.165) is 30.7 Å². The van der Waals surface area contributed by atoms with Gasteiger partial charge in [-0.2, -0.15) is 0 Å². The van der Waals surface area contributed by atoms with Crippen LogP contribution in [0.25, 0.3) is 0 Å². The molecule has 4 heteroatoms. The molecule has 3 nitrogen and oxygen atoms in total. The molecule has 2 aromatic rings. The van der Waals surface area contributed by atoms with Crippen LogP contribution in [0.5, 0.6) is 0 Å². The van der Waals surface area contributed by atoms with Crippen LogP contribution in [0, 0.1) is 0 Å². The Morgan fingerprint density at radius 3 is 2.74 bits per heavy atom. The molecule has 0 aliphatic heterocycles. The number of aromatic nitrogens is 1. The van der Waals surface area contributed by atoms with Gasteiger partial charge in [0.05, 0.1) is 6.61 Å². The molecular weight excluding hydrogens is 304 g/mol. The molecule has 19 heavy (non-hydrogen) atoms. The van der Waals surface area contributed by atoms with Crippen LogP contribution in [-0.4, -0.2) is 24.8 Å². The zero-order valence-electron chi connectivity index (χ0n) is 11.1. The molecule has 0 aliphatic carbocycles. The molecule has 0 unspecified atom stereocenters. The number of methoxy groups -OCH3 is 1. The predicted molar refractivity (Wildman–Crippen MR) is 81.3 cm³/mol. The van der Waals surface area contributed by atoms with Gasteiger partial charge in [0.15, 0.2) is 0 Å². The Kier molecular flexibility index (Phi) is 5.63. The molecule has 0 fully saturated rings. The van der Waals surface area contributed by atoms with E-state index in [-0.39, 0.29) is 0 Å². The maximum Gasteiger partial charge on any atom is 0.0587 e. The van der Waals surface area contributed by atoms with Crippen LogP contribution in [0.3, 0.4) is 0 Å². The van der Waals surface area contributed by atoms with Crippen molar-refractivity contribution < 1.29 is 4.74 Å². The summed E-state index contributed by atoms with van der Waals surface area (Å²) in [5.74, 6) is 0. The van der Waals surface area contributed by atoms with Gasteiger partial charge in [-0.15, -0.1) is 0 Å². The second-order valence-corrected chi connectivity index (χ2v) is 5.34. The highest BCUT2D eigenvalue weighted by molar-refractivity contribution is 9.10. The summed E-state index contributed by atoms with van der Waals surface area (Å²) in [6.45, 7) is 3.39. The minimum Gasteiger partial charge on any atom is -0.383 e. The number of ether oxygens (including phenoxy) is 1. The van der Waals surface area contributed by atoms with E-state index in [2.05, 4.69) is 68.4 Å². The van der Waals surface area contributed by atoms with Crippen molar-refractivity contribution in [2.24, 2.45) is 0 Å². The first-order chi connectivity index (χ1) is 9.29. The third kappa shape index (κ3) is 4.49. The summed E-state index contributed by atoms with van der Waals surface area (Å²) < 4.78 is 8.41. The fraction of sp³-hybridized carbons (Fsp3) is 0.333. The molecule has 0 radical (unpaired) electrons. The van der Waals surface area contributed by atoms with Crippen molar-refractivity contribution in [3.05, 3.63) is 58.3 Å². The van der Waals surface area contributed by atoms with E-state index in [1.807, 2.05) is 0 Å². The van der Waals surface area contributed by atoms with Crippen molar-refractivity contribution >= 4 is 15.9 Å². The summed E-state index contributed by atoms with van der Waals surface area (Å²) >= 11 is 3.46. The molecule has 2 rings (SSSR count). The van der Waals surface area contributed by atoms with Crippen molar-refractivity contribution in [3.63, 3.8) is 0 Å². The minimum absolute atomic E-state index is 0.743. The lowest BCUT2D eigenvalue weighted by Gasteiger charge is -2.10. The standard InChI is InChI=1S/C15H19BrN2O/c1-19-10-8-17-11-15-3-2-9-18(15)12-13-4-6-14(16)7-5-13/h2-7,9,17H,8,10-12H2,1H3. The molecular formula is C15H19BrN2O. The molecule has 0 saturated carbocycles. The van der Waals surface area contributed by atoms with Gasteiger partial charge in [-0.3, -0.25) is 0 Å². The summed E-state index contributed by atoms with van der Waals surface area (Å²) in [7, 11) is 1.72. The van der Waals surface area contributed by atoms with Gasteiger partial charge in [-0.1, -0.05) is 28.1 Å². The predicted octanol–water partition coefficient (Wildman–Crippen LogP) is 3.03. The highest BCUT2D eigenvalue weighted by Gasteiger charge is 2.01. The lowest BCUT2D eigenvalue weighted by atomic mass is 10.2. The van der Waals surface area contributed by atoms with E-state index in [0.29, 0.717) is 0 Å². The maximum atomic E-state index is 5.02. The fourth-order valence-electron chi connectivity index (χ4n) is 1.94. The molecule has 102 valence electrons. The molecule has 0 atom stereocenters. The third-order valence-electron chi connectivity index (χ3n) is 2.98. The highest BCUT2D eigenvalue weighted by Crippen LogP contribution is 2.13. The average molecular weight is 323 g/mol. The van der Waals surface area contributed by atoms with Crippen molar-refractivity contribution in [3.8, 4) is 0 Å². The maximum absolute atomic E-state index is 5.02. The molecule has 1 N–H and O–H groups in total. The molecule has 0 bridgehead atoms. The Labute approximate surface area is 122 Å². The Bertz CT molecular complexity index is 493. The first-order valence-corrected chi connectivity index (χ1v) is 7.17. The molecule has 1 aromatic heterocycles. The molecule has 0 amide bonds. The van der Waals surface area contributed by atoms with Crippen LogP contribution >= 0.6 is 15.9 Å². The number of benzene rings is 1. The average Bonchev–Trinajstić information content (AvgIpc) is 2.85. The van der Waals surface area contributed by atoms with Gasteiger partial charge < -0.3 is 14.6 Å². The summed E-state index contributed by atoms with van der Waals surface area (Å²) in [5, 5.41) is 3.37. The number of hydrogen-bond acceptors (Lipinski definition) is 2. The Hall–Kier alpha value is -1.10. The van der Waals surface area contributed by atoms with E-state index in [1.54, 1.807) is 7.11 Å². The number of rotatable bonds is 7. The fourth-order valence-corrected chi connectivity index (χ4v) is 2.21. The van der Waals surface area contributed by atoms with Gasteiger partial charge in [-0.25, -0.2) is 0 Å². The van der Waals surface area contributed by atoms with Crippen LogP contribution in [0.1, 0.15) is 11.3 Å². The van der Waals surface area contributed by atoms with Crippen LogP contribution in [-0.2, 0) is 17.8 Å². The van der Waals surface area contributed by atoms with Crippen LogP contribution in [0.15, 0.2) is 47.1 Å². The van der Waals surface area contributed by atoms with Gasteiger partial charge >= 0.3 is 0 Å². The summed E-state index contributed by atoms with van der Waals surface area (Å²) in [6, 6.07) is 12.7. The van der Waals surface area contributed by atoms with Crippen molar-refractivity contribution in [1.29, 1.82) is 0 Å². The molecule has 0 aliphatic rings. The first kappa shape index (κ1) is 14.3. The molecule has 0 spiro atoms. The number of nitrogens with one attached hydrogen (secondary N) is 1. The van der Waals surface area contributed by atoms with Crippen LogP contribution < -0.4 is 5.32 Å². The van der Waals surface area contributed by atoms with Gasteiger partial charge in [0.25, 0.3) is 0 Å². The summed E-state index contributed by atoms with van der Waals surface area (Å²) in [4.78, 5) is 0. The SMILES string of the molecule is COCCNCc1cccn1Cc1ccc(Br)cc1. The Morgan fingerprint density at radius 1 is 1.21 bits per heavy atom. The van der Waals surface area contributed by atoms with Crippen molar-refractivity contribution in [2.45, 2.75) is 13.1 Å². The number of hydrogen-bond donors (Lipinski definition) is 1. The van der Waals surface area contributed by atoms with E-state index in [9.17, 15) is 0 Å². The summed E-state index contributed by atoms with van der Waals surface area (Å²) in [5.41, 5.74) is 2.59. The first-order valence-electron chi connectivity index (χ1n) is 6.37. The smallest absolute Gasteiger partial charge is 0.0587 e. The lowest BCUT2D eigenvalue weighted by molar-refractivity contribution is 0.199. The lowest BCUT2D eigenvalue weighted by Crippen LogP contribution is -2.20. The quantitative estimate of drug-likeness (QED) is 0.793. The molecule has 1 aromatic carbocycles. The zero-order valence-corrected chi connectivity index (χ0v) is 12.7. The summed E-state index contributed by atoms with van der Waals surface area (Å²) in [6.07, 6.45) is 2.12. The van der Waals surface area contributed by atoms with Gasteiger partial charge in [0.2, 0.25) is 0 Å². The number of halogens is 1. The highest BCUT2D eigenvalue weighted by atomic mass is 79.9. The van der Waals surface area contributed by atoms with E-state index >= 15 is 0 Å². The van der Waals surface area contributed by atoms with E-state index < -0.39 is 0 Å². The van der Waals surface area contributed by atoms with Crippen LogP contribution in [0.4, 0.5) is 0 Å². The van der Waals surface area contributed by atoms with Gasteiger partial charge in [0.1, 0.15) is 0 Å². The second-order valence-electron chi connectivity index (χ2n) is 4.42. The zero-order chi connectivity index (χ0) is 13.5. The van der Waals surface area contributed by atoms with Crippen molar-refractivity contribution in [2.75, 3.05) is 20.3 Å². The minimum atomic E-state index is 0.743. The van der Waals surface area contributed by atoms with Gasteiger partial charge in [0, 0.05) is 43.1 Å². The molecule has 1 heterocycles. The largest absolute Gasteiger partial charge is 0.383 e. The number of nitrogens with zero attached hydrogens (tertiary/aromatic N) is 1.